The summed E-state index contributed by atoms with van der Waals surface area (Å²) in [6.07, 6.45) is 3.85. The van der Waals surface area contributed by atoms with Crippen molar-refractivity contribution in [1.82, 2.24) is 9.80 Å². The minimum atomic E-state index is 0.249. The van der Waals surface area contributed by atoms with Crippen LogP contribution in [0.3, 0.4) is 0 Å². The molecule has 1 atom stereocenters. The van der Waals surface area contributed by atoms with Crippen molar-refractivity contribution < 1.29 is 14.6 Å². The van der Waals surface area contributed by atoms with Crippen LogP contribution >= 0.6 is 0 Å². The molecule has 2 saturated heterocycles. The first-order valence-electron chi connectivity index (χ1n) is 7.87. The molecule has 3 heterocycles. The van der Waals surface area contributed by atoms with Crippen LogP contribution in [0, 0.1) is 0 Å². The second-order valence-corrected chi connectivity index (χ2v) is 6.25. The molecule has 0 radical (unpaired) electrons. The van der Waals surface area contributed by atoms with Gasteiger partial charge in [-0.25, -0.2) is 0 Å². The third kappa shape index (κ3) is 2.56. The van der Waals surface area contributed by atoms with E-state index in [1.54, 1.807) is 6.07 Å². The molecule has 3 aliphatic rings. The van der Waals surface area contributed by atoms with Crippen molar-refractivity contribution in [1.29, 1.82) is 0 Å². The summed E-state index contributed by atoms with van der Waals surface area (Å²) >= 11 is 0. The van der Waals surface area contributed by atoms with Crippen molar-refractivity contribution in [2.24, 2.45) is 0 Å². The smallest absolute Gasteiger partial charge is 0.231 e. The summed E-state index contributed by atoms with van der Waals surface area (Å²) in [5.41, 5.74) is 0.936. The first kappa shape index (κ1) is 13.2. The van der Waals surface area contributed by atoms with Crippen molar-refractivity contribution in [3.8, 4) is 17.2 Å². The fourth-order valence-corrected chi connectivity index (χ4v) is 3.77. The van der Waals surface area contributed by atoms with Crippen molar-refractivity contribution >= 4 is 0 Å². The minimum Gasteiger partial charge on any atom is -0.507 e. The molecule has 21 heavy (non-hydrogen) atoms. The normalized spacial score (nSPS) is 25.8. The summed E-state index contributed by atoms with van der Waals surface area (Å²) in [4.78, 5) is 5.09. The van der Waals surface area contributed by atoms with Crippen LogP contribution in [0.1, 0.15) is 24.8 Å². The van der Waals surface area contributed by atoms with Crippen molar-refractivity contribution in [2.45, 2.75) is 31.8 Å². The Balaban J connectivity index is 1.50. The second kappa shape index (κ2) is 5.39. The van der Waals surface area contributed by atoms with E-state index < -0.39 is 0 Å². The molecule has 5 heteroatoms. The van der Waals surface area contributed by atoms with Gasteiger partial charge in [-0.15, -0.1) is 0 Å². The summed E-state index contributed by atoms with van der Waals surface area (Å²) in [6.45, 7) is 5.71. The van der Waals surface area contributed by atoms with E-state index in [2.05, 4.69) is 9.80 Å². The number of hydrogen-bond donors (Lipinski definition) is 1. The second-order valence-electron chi connectivity index (χ2n) is 6.25. The van der Waals surface area contributed by atoms with Crippen molar-refractivity contribution in [3.05, 3.63) is 17.7 Å². The van der Waals surface area contributed by atoms with Crippen molar-refractivity contribution in [3.63, 3.8) is 0 Å². The van der Waals surface area contributed by atoms with E-state index >= 15 is 0 Å². The quantitative estimate of drug-likeness (QED) is 0.899. The van der Waals surface area contributed by atoms with E-state index in [9.17, 15) is 5.11 Å². The molecular weight excluding hydrogens is 268 g/mol. The molecule has 5 nitrogen and oxygen atoms in total. The highest BCUT2D eigenvalue weighted by atomic mass is 16.7. The third-order valence-corrected chi connectivity index (χ3v) is 4.86. The molecule has 0 amide bonds. The van der Waals surface area contributed by atoms with Gasteiger partial charge >= 0.3 is 0 Å². The predicted octanol–water partition coefficient (Wildman–Crippen LogP) is 1.79. The first-order chi connectivity index (χ1) is 10.3. The lowest BCUT2D eigenvalue weighted by Gasteiger charge is -2.25. The van der Waals surface area contributed by atoms with Crippen LogP contribution in [0.2, 0.25) is 0 Å². The third-order valence-electron chi connectivity index (χ3n) is 4.86. The van der Waals surface area contributed by atoms with E-state index in [0.29, 0.717) is 17.5 Å². The van der Waals surface area contributed by atoms with E-state index in [1.165, 1.54) is 32.4 Å². The van der Waals surface area contributed by atoms with Crippen LogP contribution in [-0.2, 0) is 6.54 Å². The SMILES string of the molecule is Oc1cc2c(cc1CN1CCCN3CCCC3C1)OCO2. The van der Waals surface area contributed by atoms with E-state index in [0.717, 1.165) is 30.9 Å². The number of phenolic OH excluding ortho intramolecular Hbond substituents is 1. The summed E-state index contributed by atoms with van der Waals surface area (Å²) in [7, 11) is 0. The Morgan fingerprint density at radius 1 is 1.10 bits per heavy atom. The lowest BCUT2D eigenvalue weighted by molar-refractivity contribution is 0.173. The Morgan fingerprint density at radius 3 is 2.81 bits per heavy atom. The topological polar surface area (TPSA) is 45.2 Å². The zero-order valence-electron chi connectivity index (χ0n) is 12.3. The van der Waals surface area contributed by atoms with Crippen LogP contribution in [0.5, 0.6) is 17.2 Å². The van der Waals surface area contributed by atoms with Crippen LogP contribution in [0.15, 0.2) is 12.1 Å². The molecular formula is C16H22N2O3. The standard InChI is InChI=1S/C16H22N2O3/c19-14-8-16-15(20-11-21-16)7-12(14)9-17-4-2-6-18-5-1-3-13(18)10-17/h7-8,13,19H,1-6,9-11H2. The lowest BCUT2D eigenvalue weighted by Crippen LogP contribution is -2.36. The summed E-state index contributed by atoms with van der Waals surface area (Å²) < 4.78 is 10.7. The molecule has 0 saturated carbocycles. The Kier molecular flexibility index (Phi) is 3.39. The summed E-state index contributed by atoms with van der Waals surface area (Å²) in [5.74, 6) is 1.71. The van der Waals surface area contributed by atoms with Gasteiger partial charge in [0.15, 0.2) is 11.5 Å². The molecule has 0 spiro atoms. The maximum Gasteiger partial charge on any atom is 0.231 e. The summed E-state index contributed by atoms with van der Waals surface area (Å²) in [5, 5.41) is 10.2. The van der Waals surface area contributed by atoms with Gasteiger partial charge in [-0.05, 0) is 45.0 Å². The molecule has 0 aliphatic carbocycles. The van der Waals surface area contributed by atoms with Gasteiger partial charge in [-0.3, -0.25) is 9.80 Å². The Hall–Kier alpha value is -1.46. The Bertz CT molecular complexity index is 534. The van der Waals surface area contributed by atoms with Crippen LogP contribution in [0.4, 0.5) is 0 Å². The van der Waals surface area contributed by atoms with Gasteiger partial charge in [0.2, 0.25) is 6.79 Å². The first-order valence-corrected chi connectivity index (χ1v) is 7.87. The number of fused-ring (bicyclic) bond motifs is 2. The van der Waals surface area contributed by atoms with Crippen LogP contribution in [-0.4, -0.2) is 53.9 Å². The molecule has 0 aromatic heterocycles. The maximum atomic E-state index is 10.2. The van der Waals surface area contributed by atoms with E-state index in [-0.39, 0.29) is 6.79 Å². The minimum absolute atomic E-state index is 0.249. The van der Waals surface area contributed by atoms with Gasteiger partial charge in [0.25, 0.3) is 0 Å². The lowest BCUT2D eigenvalue weighted by atomic mass is 10.1. The average molecular weight is 290 g/mol. The molecule has 1 aromatic rings. The predicted molar refractivity (Wildman–Crippen MR) is 78.7 cm³/mol. The van der Waals surface area contributed by atoms with Gasteiger partial charge in [-0.1, -0.05) is 0 Å². The highest BCUT2D eigenvalue weighted by Gasteiger charge is 2.29. The van der Waals surface area contributed by atoms with Gasteiger partial charge in [0.05, 0.1) is 0 Å². The fraction of sp³-hybridized carbons (Fsp3) is 0.625. The number of rotatable bonds is 2. The Morgan fingerprint density at radius 2 is 1.90 bits per heavy atom. The molecule has 1 N–H and O–H groups in total. The number of nitrogens with zero attached hydrogens (tertiary/aromatic N) is 2. The number of phenols is 1. The highest BCUT2D eigenvalue weighted by Crippen LogP contribution is 2.38. The van der Waals surface area contributed by atoms with Crippen LogP contribution in [0.25, 0.3) is 0 Å². The van der Waals surface area contributed by atoms with E-state index in [1.807, 2.05) is 6.07 Å². The fourth-order valence-electron chi connectivity index (χ4n) is 3.77. The molecule has 1 unspecified atom stereocenters. The van der Waals surface area contributed by atoms with Gasteiger partial charge < -0.3 is 14.6 Å². The zero-order valence-corrected chi connectivity index (χ0v) is 12.3. The molecule has 1 aromatic carbocycles. The molecule has 0 bridgehead atoms. The molecule has 3 aliphatic heterocycles. The summed E-state index contributed by atoms with van der Waals surface area (Å²) in [6, 6.07) is 4.30. The monoisotopic (exact) mass is 290 g/mol. The number of aromatic hydroxyl groups is 1. The largest absolute Gasteiger partial charge is 0.507 e. The Labute approximate surface area is 125 Å². The number of benzene rings is 1. The highest BCUT2D eigenvalue weighted by molar-refractivity contribution is 5.51. The molecule has 4 rings (SSSR count). The maximum absolute atomic E-state index is 10.2. The molecule has 2 fully saturated rings. The van der Waals surface area contributed by atoms with Crippen molar-refractivity contribution in [2.75, 3.05) is 33.0 Å². The van der Waals surface area contributed by atoms with Gasteiger partial charge in [-0.2, -0.15) is 0 Å². The number of ether oxygens (including phenoxy) is 2. The van der Waals surface area contributed by atoms with E-state index in [4.69, 9.17) is 9.47 Å². The van der Waals surface area contributed by atoms with Gasteiger partial charge in [0.1, 0.15) is 5.75 Å². The molecule has 114 valence electrons. The van der Waals surface area contributed by atoms with Crippen LogP contribution < -0.4 is 9.47 Å². The number of hydrogen-bond acceptors (Lipinski definition) is 5. The van der Waals surface area contributed by atoms with Gasteiger partial charge in [0, 0.05) is 30.8 Å². The average Bonchev–Trinajstić information content (AvgIpc) is 3.05. The zero-order chi connectivity index (χ0) is 14.2.